The van der Waals surface area contributed by atoms with Crippen molar-refractivity contribution in [1.29, 1.82) is 0 Å². The first-order valence-corrected chi connectivity index (χ1v) is 7.74. The average molecular weight is 320 g/mol. The molecule has 0 spiro atoms. The van der Waals surface area contributed by atoms with Gasteiger partial charge in [-0.3, -0.25) is 0 Å². The summed E-state index contributed by atoms with van der Waals surface area (Å²) >= 11 is 0. The number of piperidine rings is 1. The Hall–Kier alpha value is -2.08. The molecule has 1 aliphatic rings. The molecule has 1 saturated heterocycles. The van der Waals surface area contributed by atoms with Gasteiger partial charge in [0.15, 0.2) is 0 Å². The number of rotatable bonds is 2. The molecule has 3 N–H and O–H groups in total. The second-order valence-corrected chi connectivity index (χ2v) is 6.91. The lowest BCUT2D eigenvalue weighted by molar-refractivity contribution is 0.0186. The molecule has 2 rings (SSSR count). The second kappa shape index (κ2) is 6.58. The van der Waals surface area contributed by atoms with E-state index in [-0.39, 0.29) is 23.6 Å². The van der Waals surface area contributed by atoms with Crippen molar-refractivity contribution < 1.29 is 19.4 Å². The largest absolute Gasteiger partial charge is 0.478 e. The van der Waals surface area contributed by atoms with Gasteiger partial charge in [-0.25, -0.2) is 9.59 Å². The number of likely N-dealkylation sites (tertiary alicyclic amines) is 1. The van der Waals surface area contributed by atoms with Crippen LogP contribution in [0.4, 0.5) is 4.79 Å². The number of carboxylic acids is 1. The van der Waals surface area contributed by atoms with Crippen molar-refractivity contribution in [2.75, 3.05) is 13.1 Å². The molecule has 1 aromatic carbocycles. The molecule has 1 fully saturated rings. The van der Waals surface area contributed by atoms with E-state index in [0.29, 0.717) is 13.1 Å². The fourth-order valence-electron chi connectivity index (χ4n) is 2.76. The van der Waals surface area contributed by atoms with Crippen LogP contribution in [0.3, 0.4) is 0 Å². The molecule has 6 heteroatoms. The van der Waals surface area contributed by atoms with Gasteiger partial charge in [-0.15, -0.1) is 0 Å². The van der Waals surface area contributed by atoms with Gasteiger partial charge in [-0.05, 0) is 44.9 Å². The highest BCUT2D eigenvalue weighted by molar-refractivity contribution is 5.87. The van der Waals surface area contributed by atoms with E-state index in [2.05, 4.69) is 0 Å². The topological polar surface area (TPSA) is 92.9 Å². The number of carbonyl (C=O) groups excluding carboxylic acids is 1. The quantitative estimate of drug-likeness (QED) is 0.873. The normalized spacial score (nSPS) is 21.8. The summed E-state index contributed by atoms with van der Waals surface area (Å²) in [6.07, 6.45) is 0.389. The number of hydrogen-bond acceptors (Lipinski definition) is 4. The lowest BCUT2D eigenvalue weighted by atomic mass is 9.85. The Kier molecular flexibility index (Phi) is 4.94. The van der Waals surface area contributed by atoms with E-state index in [1.165, 1.54) is 0 Å². The van der Waals surface area contributed by atoms with Crippen LogP contribution in [-0.4, -0.2) is 46.8 Å². The molecule has 1 amide bonds. The number of carboxylic acid groups (broad SMARTS) is 1. The van der Waals surface area contributed by atoms with E-state index in [1.807, 2.05) is 20.8 Å². The molecule has 23 heavy (non-hydrogen) atoms. The highest BCUT2D eigenvalue weighted by Crippen LogP contribution is 2.28. The predicted octanol–water partition coefficient (Wildman–Crippen LogP) is 2.44. The summed E-state index contributed by atoms with van der Waals surface area (Å²) in [6, 6.07) is 6.58. The first kappa shape index (κ1) is 17.3. The van der Waals surface area contributed by atoms with Crippen LogP contribution in [0.5, 0.6) is 0 Å². The number of benzene rings is 1. The number of nitrogens with two attached hydrogens (primary N) is 1. The summed E-state index contributed by atoms with van der Waals surface area (Å²) in [5, 5.41) is 8.94. The smallest absolute Gasteiger partial charge is 0.410 e. The SMILES string of the molecule is CC(C)(C)OC(=O)N1CCC(c2ccc(C(=O)O)cc2)C(N)C1. The molecule has 0 saturated carbocycles. The molecule has 126 valence electrons. The van der Waals surface area contributed by atoms with Gasteiger partial charge in [0.2, 0.25) is 0 Å². The van der Waals surface area contributed by atoms with E-state index in [0.717, 1.165) is 12.0 Å². The van der Waals surface area contributed by atoms with Crippen LogP contribution < -0.4 is 5.73 Å². The third-order valence-corrected chi connectivity index (χ3v) is 3.90. The van der Waals surface area contributed by atoms with Gasteiger partial charge in [0.05, 0.1) is 5.56 Å². The summed E-state index contributed by atoms with van der Waals surface area (Å²) < 4.78 is 5.37. The van der Waals surface area contributed by atoms with Gasteiger partial charge in [-0.1, -0.05) is 12.1 Å². The van der Waals surface area contributed by atoms with Gasteiger partial charge < -0.3 is 20.5 Å². The van der Waals surface area contributed by atoms with Gasteiger partial charge in [0.1, 0.15) is 5.60 Å². The zero-order valence-electron chi connectivity index (χ0n) is 13.8. The highest BCUT2D eigenvalue weighted by atomic mass is 16.6. The first-order valence-electron chi connectivity index (χ1n) is 7.74. The Morgan fingerprint density at radius 3 is 2.35 bits per heavy atom. The number of nitrogens with zero attached hydrogens (tertiary/aromatic N) is 1. The molecule has 0 aliphatic carbocycles. The predicted molar refractivity (Wildman–Crippen MR) is 86.5 cm³/mol. The van der Waals surface area contributed by atoms with Crippen LogP contribution in [0.1, 0.15) is 49.0 Å². The zero-order chi connectivity index (χ0) is 17.2. The standard InChI is InChI=1S/C17H24N2O4/c1-17(2,3)23-16(22)19-9-8-13(14(18)10-19)11-4-6-12(7-5-11)15(20)21/h4-7,13-14H,8-10,18H2,1-3H3,(H,20,21). The second-order valence-electron chi connectivity index (χ2n) is 6.91. The van der Waals surface area contributed by atoms with Crippen molar-refractivity contribution in [3.8, 4) is 0 Å². The lowest BCUT2D eigenvalue weighted by Gasteiger charge is -2.37. The highest BCUT2D eigenvalue weighted by Gasteiger charge is 2.32. The summed E-state index contributed by atoms with van der Waals surface area (Å²) in [4.78, 5) is 24.6. The fourth-order valence-corrected chi connectivity index (χ4v) is 2.76. The maximum Gasteiger partial charge on any atom is 0.410 e. The van der Waals surface area contributed by atoms with E-state index in [4.69, 9.17) is 15.6 Å². The third-order valence-electron chi connectivity index (χ3n) is 3.90. The molecule has 6 nitrogen and oxygen atoms in total. The minimum Gasteiger partial charge on any atom is -0.478 e. The minimum absolute atomic E-state index is 0.108. The van der Waals surface area contributed by atoms with Crippen LogP contribution in [0.2, 0.25) is 0 Å². The first-order chi connectivity index (χ1) is 10.7. The van der Waals surface area contributed by atoms with Crippen molar-refractivity contribution in [3.63, 3.8) is 0 Å². The van der Waals surface area contributed by atoms with E-state index >= 15 is 0 Å². The maximum absolute atomic E-state index is 12.1. The number of carbonyl (C=O) groups is 2. The molecule has 2 atom stereocenters. The molecule has 2 unspecified atom stereocenters. The van der Waals surface area contributed by atoms with E-state index in [9.17, 15) is 9.59 Å². The molecular weight excluding hydrogens is 296 g/mol. The van der Waals surface area contributed by atoms with Crippen LogP contribution >= 0.6 is 0 Å². The van der Waals surface area contributed by atoms with Crippen LogP contribution in [0.15, 0.2) is 24.3 Å². The van der Waals surface area contributed by atoms with Crippen LogP contribution in [-0.2, 0) is 4.74 Å². The fraction of sp³-hybridized carbons (Fsp3) is 0.529. The number of hydrogen-bond donors (Lipinski definition) is 2. The summed E-state index contributed by atoms with van der Waals surface area (Å²) in [5.41, 5.74) is 6.98. The number of aromatic carboxylic acids is 1. The molecule has 0 aromatic heterocycles. The molecule has 1 aliphatic heterocycles. The summed E-state index contributed by atoms with van der Waals surface area (Å²) in [6.45, 7) is 6.51. The Balaban J connectivity index is 2.01. The monoisotopic (exact) mass is 320 g/mol. The molecular formula is C17H24N2O4. The van der Waals surface area contributed by atoms with Crippen molar-refractivity contribution in [2.24, 2.45) is 5.73 Å². The van der Waals surface area contributed by atoms with Crippen LogP contribution in [0, 0.1) is 0 Å². The number of amides is 1. The molecule has 1 heterocycles. The average Bonchev–Trinajstić information content (AvgIpc) is 2.45. The van der Waals surface area contributed by atoms with Crippen LogP contribution in [0.25, 0.3) is 0 Å². The summed E-state index contributed by atoms with van der Waals surface area (Å²) in [5.74, 6) is -0.836. The molecule has 0 radical (unpaired) electrons. The zero-order valence-corrected chi connectivity index (χ0v) is 13.8. The Labute approximate surface area is 136 Å². The van der Waals surface area contributed by atoms with Crippen molar-refractivity contribution in [2.45, 2.75) is 44.8 Å². The van der Waals surface area contributed by atoms with Crippen molar-refractivity contribution in [1.82, 2.24) is 4.90 Å². The van der Waals surface area contributed by atoms with Gasteiger partial charge in [-0.2, -0.15) is 0 Å². The number of ether oxygens (including phenoxy) is 1. The Bertz CT molecular complexity index is 577. The third kappa shape index (κ3) is 4.45. The van der Waals surface area contributed by atoms with E-state index < -0.39 is 11.6 Å². The van der Waals surface area contributed by atoms with Gasteiger partial charge >= 0.3 is 12.1 Å². The molecule has 0 bridgehead atoms. The van der Waals surface area contributed by atoms with Crippen molar-refractivity contribution >= 4 is 12.1 Å². The van der Waals surface area contributed by atoms with E-state index in [1.54, 1.807) is 29.2 Å². The van der Waals surface area contributed by atoms with Gasteiger partial charge in [0, 0.05) is 25.0 Å². The van der Waals surface area contributed by atoms with Crippen molar-refractivity contribution in [3.05, 3.63) is 35.4 Å². The van der Waals surface area contributed by atoms with Gasteiger partial charge in [0.25, 0.3) is 0 Å². The minimum atomic E-state index is -0.944. The summed E-state index contributed by atoms with van der Waals surface area (Å²) in [7, 11) is 0. The Morgan fingerprint density at radius 1 is 1.26 bits per heavy atom. The molecule has 1 aromatic rings. The lowest BCUT2D eigenvalue weighted by Crippen LogP contribution is -2.50. The Morgan fingerprint density at radius 2 is 1.87 bits per heavy atom. The maximum atomic E-state index is 12.1.